The van der Waals surface area contributed by atoms with Crippen molar-refractivity contribution < 1.29 is 8.42 Å². The minimum Gasteiger partial charge on any atom is -0.314 e. The summed E-state index contributed by atoms with van der Waals surface area (Å²) in [6, 6.07) is 6.72. The normalized spacial score (nSPS) is 19.2. The Hall–Kier alpha value is -0.870. The maximum absolute atomic E-state index is 11.3. The molecule has 1 unspecified atom stereocenters. The van der Waals surface area contributed by atoms with Gasteiger partial charge >= 0.3 is 0 Å². The van der Waals surface area contributed by atoms with Crippen molar-refractivity contribution in [1.29, 1.82) is 0 Å². The van der Waals surface area contributed by atoms with Crippen molar-refractivity contribution in [3.63, 3.8) is 0 Å². The van der Waals surface area contributed by atoms with Crippen LogP contribution in [-0.4, -0.2) is 27.3 Å². The standard InChI is InChI=1S/C15H23NO2S/c1-3-8-16-15-7-6-13-9-12(11-19(2,17)18)4-5-14(13)10-15/h4-5,9,15-16H,3,6-8,10-11H2,1-2H3. The first kappa shape index (κ1) is 14.5. The highest BCUT2D eigenvalue weighted by molar-refractivity contribution is 7.89. The number of hydrogen-bond donors (Lipinski definition) is 1. The third-order valence-corrected chi connectivity index (χ3v) is 4.47. The van der Waals surface area contributed by atoms with Gasteiger partial charge in [-0.1, -0.05) is 25.1 Å². The van der Waals surface area contributed by atoms with Gasteiger partial charge in [-0.15, -0.1) is 0 Å². The van der Waals surface area contributed by atoms with Crippen molar-refractivity contribution >= 4 is 9.84 Å². The Morgan fingerprint density at radius 2 is 2.11 bits per heavy atom. The predicted molar refractivity (Wildman–Crippen MR) is 79.1 cm³/mol. The fourth-order valence-corrected chi connectivity index (χ4v) is 3.51. The van der Waals surface area contributed by atoms with Gasteiger partial charge in [0.25, 0.3) is 0 Å². The Bertz CT molecular complexity index is 537. The summed E-state index contributed by atoms with van der Waals surface area (Å²) in [5, 5.41) is 3.57. The van der Waals surface area contributed by atoms with Gasteiger partial charge in [0.15, 0.2) is 9.84 Å². The molecule has 1 atom stereocenters. The van der Waals surface area contributed by atoms with Crippen LogP contribution in [0.4, 0.5) is 0 Å². The second kappa shape index (κ2) is 6.06. The molecule has 1 aliphatic rings. The van der Waals surface area contributed by atoms with E-state index in [4.69, 9.17) is 0 Å². The van der Waals surface area contributed by atoms with Crippen LogP contribution in [0.2, 0.25) is 0 Å². The highest BCUT2D eigenvalue weighted by atomic mass is 32.2. The van der Waals surface area contributed by atoms with Crippen molar-refractivity contribution in [2.45, 2.75) is 44.4 Å². The van der Waals surface area contributed by atoms with E-state index in [-0.39, 0.29) is 5.75 Å². The second-order valence-corrected chi connectivity index (χ2v) is 7.71. The Morgan fingerprint density at radius 1 is 1.32 bits per heavy atom. The summed E-state index contributed by atoms with van der Waals surface area (Å²) in [4.78, 5) is 0. The summed E-state index contributed by atoms with van der Waals surface area (Å²) in [5.41, 5.74) is 3.62. The van der Waals surface area contributed by atoms with Crippen LogP contribution in [0.5, 0.6) is 0 Å². The number of benzene rings is 1. The lowest BCUT2D eigenvalue weighted by molar-refractivity contribution is 0.459. The monoisotopic (exact) mass is 281 g/mol. The number of rotatable bonds is 5. The van der Waals surface area contributed by atoms with Gasteiger partial charge in [-0.3, -0.25) is 0 Å². The molecule has 0 bridgehead atoms. The van der Waals surface area contributed by atoms with Crippen molar-refractivity contribution in [1.82, 2.24) is 5.32 Å². The van der Waals surface area contributed by atoms with Crippen molar-refractivity contribution in [3.8, 4) is 0 Å². The first-order chi connectivity index (χ1) is 8.98. The van der Waals surface area contributed by atoms with Crippen LogP contribution < -0.4 is 5.32 Å². The van der Waals surface area contributed by atoms with E-state index < -0.39 is 9.84 Å². The Balaban J connectivity index is 2.07. The summed E-state index contributed by atoms with van der Waals surface area (Å²) in [6.07, 6.45) is 5.71. The molecule has 2 rings (SSSR count). The van der Waals surface area contributed by atoms with Gasteiger partial charge in [-0.25, -0.2) is 8.42 Å². The Labute approximate surface area is 116 Å². The van der Waals surface area contributed by atoms with Crippen LogP contribution in [0, 0.1) is 0 Å². The maximum Gasteiger partial charge on any atom is 0.151 e. The van der Waals surface area contributed by atoms with Gasteiger partial charge in [-0.2, -0.15) is 0 Å². The molecule has 19 heavy (non-hydrogen) atoms. The van der Waals surface area contributed by atoms with Crippen LogP contribution >= 0.6 is 0 Å². The van der Waals surface area contributed by atoms with Crippen molar-refractivity contribution in [2.75, 3.05) is 12.8 Å². The molecule has 0 aliphatic heterocycles. The lowest BCUT2D eigenvalue weighted by Gasteiger charge is -2.26. The predicted octanol–water partition coefficient (Wildman–Crippen LogP) is 2.09. The van der Waals surface area contributed by atoms with Gasteiger partial charge in [0.05, 0.1) is 5.75 Å². The third kappa shape index (κ3) is 4.32. The van der Waals surface area contributed by atoms with Gasteiger partial charge in [0.1, 0.15) is 0 Å². The first-order valence-corrected chi connectivity index (χ1v) is 9.06. The van der Waals surface area contributed by atoms with E-state index in [0.29, 0.717) is 6.04 Å². The van der Waals surface area contributed by atoms with Crippen LogP contribution in [0.25, 0.3) is 0 Å². The van der Waals surface area contributed by atoms with Gasteiger partial charge in [0.2, 0.25) is 0 Å². The van der Waals surface area contributed by atoms with Crippen LogP contribution in [0.15, 0.2) is 18.2 Å². The van der Waals surface area contributed by atoms with Crippen molar-refractivity contribution in [3.05, 3.63) is 34.9 Å². The lowest BCUT2D eigenvalue weighted by Crippen LogP contribution is -2.35. The molecule has 0 heterocycles. The average Bonchev–Trinajstić information content (AvgIpc) is 2.34. The smallest absolute Gasteiger partial charge is 0.151 e. The van der Waals surface area contributed by atoms with E-state index >= 15 is 0 Å². The molecule has 0 radical (unpaired) electrons. The van der Waals surface area contributed by atoms with E-state index in [0.717, 1.165) is 37.8 Å². The molecule has 0 aromatic heterocycles. The van der Waals surface area contributed by atoms with Crippen LogP contribution in [0.3, 0.4) is 0 Å². The van der Waals surface area contributed by atoms with Crippen LogP contribution in [0.1, 0.15) is 36.5 Å². The largest absolute Gasteiger partial charge is 0.314 e. The molecule has 0 amide bonds. The molecular weight excluding hydrogens is 258 g/mol. The molecule has 1 aromatic carbocycles. The summed E-state index contributed by atoms with van der Waals surface area (Å²) < 4.78 is 22.7. The minimum absolute atomic E-state index is 0.151. The zero-order chi connectivity index (χ0) is 13.9. The zero-order valence-corrected chi connectivity index (χ0v) is 12.6. The lowest BCUT2D eigenvalue weighted by atomic mass is 9.87. The summed E-state index contributed by atoms with van der Waals surface area (Å²) >= 11 is 0. The van der Waals surface area contributed by atoms with E-state index in [1.807, 2.05) is 6.07 Å². The van der Waals surface area contributed by atoms with E-state index in [1.54, 1.807) is 0 Å². The number of sulfone groups is 1. The average molecular weight is 281 g/mol. The topological polar surface area (TPSA) is 46.2 Å². The summed E-state index contributed by atoms with van der Waals surface area (Å²) in [5.74, 6) is 0.151. The van der Waals surface area contributed by atoms with Gasteiger partial charge < -0.3 is 5.32 Å². The van der Waals surface area contributed by atoms with E-state index in [9.17, 15) is 8.42 Å². The Morgan fingerprint density at radius 3 is 2.79 bits per heavy atom. The number of nitrogens with one attached hydrogen (secondary N) is 1. The quantitative estimate of drug-likeness (QED) is 0.899. The molecule has 0 spiro atoms. The van der Waals surface area contributed by atoms with E-state index in [1.165, 1.54) is 17.4 Å². The molecule has 3 nitrogen and oxygen atoms in total. The highest BCUT2D eigenvalue weighted by Crippen LogP contribution is 2.23. The highest BCUT2D eigenvalue weighted by Gasteiger charge is 2.18. The van der Waals surface area contributed by atoms with Crippen LogP contribution in [-0.2, 0) is 28.4 Å². The molecule has 0 saturated carbocycles. The summed E-state index contributed by atoms with van der Waals surface area (Å²) in [7, 11) is -2.94. The van der Waals surface area contributed by atoms with Gasteiger partial charge in [0, 0.05) is 12.3 Å². The fraction of sp³-hybridized carbons (Fsp3) is 0.600. The molecule has 1 aliphatic carbocycles. The molecule has 0 saturated heterocycles. The number of aryl methyl sites for hydroxylation is 1. The third-order valence-electron chi connectivity index (χ3n) is 3.61. The number of hydrogen-bond acceptors (Lipinski definition) is 3. The molecular formula is C15H23NO2S. The maximum atomic E-state index is 11.3. The Kier molecular flexibility index (Phi) is 4.63. The van der Waals surface area contributed by atoms with Crippen molar-refractivity contribution in [2.24, 2.45) is 0 Å². The first-order valence-electron chi connectivity index (χ1n) is 6.99. The van der Waals surface area contributed by atoms with Gasteiger partial charge in [-0.05, 0) is 48.9 Å². The SMILES string of the molecule is CCCNC1CCc2cc(CS(C)(=O)=O)ccc2C1. The molecule has 0 fully saturated rings. The minimum atomic E-state index is -2.94. The number of fused-ring (bicyclic) bond motifs is 1. The molecule has 4 heteroatoms. The summed E-state index contributed by atoms with van der Waals surface area (Å²) in [6.45, 7) is 3.26. The second-order valence-electron chi connectivity index (χ2n) is 5.57. The molecule has 106 valence electrons. The fourth-order valence-electron chi connectivity index (χ4n) is 2.72. The molecule has 1 N–H and O–H groups in total. The van der Waals surface area contributed by atoms with E-state index in [2.05, 4.69) is 24.4 Å². The molecule has 1 aromatic rings. The zero-order valence-electron chi connectivity index (χ0n) is 11.8.